The largest absolute Gasteiger partial charge is 0.394 e. The van der Waals surface area contributed by atoms with Gasteiger partial charge in [-0.3, -0.25) is 0 Å². The zero-order chi connectivity index (χ0) is 91.5. The van der Waals surface area contributed by atoms with Gasteiger partial charge in [0.25, 0.3) is 40.1 Å². The summed E-state index contributed by atoms with van der Waals surface area (Å²) < 4.78 is 112. The molecule has 0 spiro atoms. The predicted octanol–water partition coefficient (Wildman–Crippen LogP) is 8.86. The third-order valence-electron chi connectivity index (χ3n) is 22.6. The van der Waals surface area contributed by atoms with Crippen LogP contribution in [0.3, 0.4) is 0 Å². The molecule has 0 radical (unpaired) electrons. The van der Waals surface area contributed by atoms with Crippen molar-refractivity contribution in [3.63, 3.8) is 0 Å². The second-order valence-corrected chi connectivity index (χ2v) is 49.1. The van der Waals surface area contributed by atoms with Crippen LogP contribution in [0, 0.1) is 0 Å². The fraction of sp³-hybridized carbons (Fsp3) is 0.545. The number of sulfonamides is 4. The fourth-order valence-electron chi connectivity index (χ4n) is 14.4. The third-order valence-corrected chi connectivity index (χ3v) is 35.6. The first-order chi connectivity index (χ1) is 57.8. The van der Waals surface area contributed by atoms with Gasteiger partial charge in [0.2, 0.25) is 0 Å². The summed E-state index contributed by atoms with van der Waals surface area (Å²) in [6, 6.07) is 44.2. The molecular weight excluding hydrogens is 1740 g/mol. The number of thiophene rings is 4. The normalized spacial score (nSPS) is 19.0. The van der Waals surface area contributed by atoms with Crippen LogP contribution in [0.25, 0.3) is 0 Å². The molecule has 4 fully saturated rings. The third kappa shape index (κ3) is 27.1. The summed E-state index contributed by atoms with van der Waals surface area (Å²) in [4.78, 5) is 8.81. The highest BCUT2D eigenvalue weighted by Crippen LogP contribution is 2.36. The van der Waals surface area contributed by atoms with Gasteiger partial charge in [-0.1, -0.05) is 72.8 Å². The van der Waals surface area contributed by atoms with Crippen molar-refractivity contribution >= 4 is 108 Å². The summed E-state index contributed by atoms with van der Waals surface area (Å²) in [5.41, 5.74) is 1.68. The van der Waals surface area contributed by atoms with Crippen molar-refractivity contribution in [1.29, 1.82) is 0 Å². The van der Waals surface area contributed by atoms with Gasteiger partial charge in [0.05, 0.1) is 73.0 Å². The van der Waals surface area contributed by atoms with Crippen LogP contribution in [-0.2, 0) is 62.5 Å². The van der Waals surface area contributed by atoms with Crippen LogP contribution in [0.4, 0.5) is 22.7 Å². The Kier molecular flexibility index (Phi) is 34.4. The number of nitrogens with zero attached hydrogens (tertiary/aromatic N) is 8. The Morgan fingerprint density at radius 1 is 0.282 bits per heavy atom. The van der Waals surface area contributed by atoms with Crippen molar-refractivity contribution in [3.05, 3.63) is 189 Å². The Balaban J connectivity index is 0.000000187. The molecule has 4 aromatic heterocycles. The molecular formula is C88H132N12O16S8. The van der Waals surface area contributed by atoms with Crippen molar-refractivity contribution in [3.8, 4) is 0 Å². The number of hydrogen-bond donors (Lipinski definition) is 12. The molecule has 124 heavy (non-hydrogen) atoms. The lowest BCUT2D eigenvalue weighted by molar-refractivity contribution is 0.0780. The van der Waals surface area contributed by atoms with E-state index in [1.54, 1.807) is 143 Å². The lowest BCUT2D eigenvalue weighted by Gasteiger charge is -2.43. The highest BCUT2D eigenvalue weighted by Gasteiger charge is 2.42. The maximum atomic E-state index is 13.1. The van der Waals surface area contributed by atoms with E-state index in [1.807, 2.05) is 152 Å². The summed E-state index contributed by atoms with van der Waals surface area (Å²) in [5.74, 6) is 0. The highest BCUT2D eigenvalue weighted by molar-refractivity contribution is 7.92. The smallest absolute Gasteiger partial charge is 0.252 e. The highest BCUT2D eigenvalue weighted by atomic mass is 32.3. The van der Waals surface area contributed by atoms with Crippen molar-refractivity contribution < 1.29 is 74.5 Å². The number of hydrogen-bond acceptors (Lipinski definition) is 28. The lowest BCUT2D eigenvalue weighted by atomic mass is 9.98. The molecule has 8 aromatic rings. The van der Waals surface area contributed by atoms with Crippen molar-refractivity contribution in [2.24, 2.45) is 0 Å². The molecule has 4 aliphatic rings. The van der Waals surface area contributed by atoms with Gasteiger partial charge < -0.3 is 81.7 Å². The van der Waals surface area contributed by atoms with E-state index in [0.29, 0.717) is 122 Å². The van der Waals surface area contributed by atoms with Gasteiger partial charge >= 0.3 is 0 Å². The van der Waals surface area contributed by atoms with Crippen molar-refractivity contribution in [2.45, 2.75) is 196 Å². The molecule has 0 amide bonds. The first-order valence-electron chi connectivity index (χ1n) is 41.7. The predicted molar refractivity (Wildman–Crippen MR) is 500 cm³/mol. The van der Waals surface area contributed by atoms with Crippen LogP contribution >= 0.6 is 45.3 Å². The zero-order valence-electron chi connectivity index (χ0n) is 74.3. The van der Waals surface area contributed by atoms with Gasteiger partial charge in [0.1, 0.15) is 16.8 Å². The van der Waals surface area contributed by atoms with Gasteiger partial charge in [-0.05, 0) is 227 Å². The minimum absolute atomic E-state index is 0.0167. The summed E-state index contributed by atoms with van der Waals surface area (Å²) in [6.45, 7) is 36.6. The zero-order valence-corrected chi connectivity index (χ0v) is 80.8. The van der Waals surface area contributed by atoms with Gasteiger partial charge in [-0.15, -0.1) is 45.3 Å². The fourth-order valence-corrected chi connectivity index (χ4v) is 24.9. The summed E-state index contributed by atoms with van der Waals surface area (Å²) in [5, 5.41) is 100.0. The molecule has 688 valence electrons. The second kappa shape index (κ2) is 41.9. The summed E-state index contributed by atoms with van der Waals surface area (Å²) in [7, 11) is -14.1. The van der Waals surface area contributed by atoms with Crippen LogP contribution in [0.1, 0.15) is 133 Å². The summed E-state index contributed by atoms with van der Waals surface area (Å²) in [6.07, 6.45) is 0. The minimum atomic E-state index is -3.53. The van der Waals surface area contributed by atoms with Crippen LogP contribution in [0.2, 0.25) is 0 Å². The molecule has 0 saturated carbocycles. The van der Waals surface area contributed by atoms with Gasteiger partial charge in [0, 0.05) is 150 Å². The van der Waals surface area contributed by atoms with E-state index in [9.17, 15) is 74.5 Å². The maximum Gasteiger partial charge on any atom is 0.252 e. The average molecular weight is 1870 g/mol. The molecule has 36 heteroatoms. The van der Waals surface area contributed by atoms with E-state index in [-0.39, 0.29) is 50.6 Å². The van der Waals surface area contributed by atoms with Gasteiger partial charge in [-0.2, -0.15) is 17.2 Å². The first-order valence-corrected chi connectivity index (χ1v) is 51.0. The Morgan fingerprint density at radius 2 is 0.452 bits per heavy atom. The number of piperazine rings is 4. The van der Waals surface area contributed by atoms with Gasteiger partial charge in [-0.25, -0.2) is 33.7 Å². The Hall–Kier alpha value is -5.96. The van der Waals surface area contributed by atoms with Crippen LogP contribution < -0.4 is 40.9 Å². The van der Waals surface area contributed by atoms with E-state index >= 15 is 0 Å². The number of anilines is 4. The molecule has 8 heterocycles. The molecule has 4 aromatic carbocycles. The number of aliphatic hydroxyl groups is 8. The molecule has 0 unspecified atom stereocenters. The molecule has 0 aliphatic carbocycles. The maximum absolute atomic E-state index is 13.1. The lowest BCUT2D eigenvalue weighted by Crippen LogP contribution is -2.60. The second-order valence-electron chi connectivity index (χ2n) is 36.7. The van der Waals surface area contributed by atoms with Crippen molar-refractivity contribution in [1.82, 2.24) is 38.5 Å². The molecule has 4 aliphatic heterocycles. The molecule has 0 bridgehead atoms. The number of nitrogens with one attached hydrogen (secondary N) is 4. The van der Waals surface area contributed by atoms with Crippen LogP contribution in [0.5, 0.6) is 0 Å². The molecule has 4 saturated heterocycles. The van der Waals surface area contributed by atoms with Gasteiger partial charge in [0.15, 0.2) is 0 Å². The quantitative estimate of drug-likeness (QED) is 0.0187. The van der Waals surface area contributed by atoms with E-state index in [4.69, 9.17) is 0 Å². The summed E-state index contributed by atoms with van der Waals surface area (Å²) >= 11 is 4.93. The van der Waals surface area contributed by atoms with Crippen LogP contribution in [-0.4, -0.2) is 269 Å². The Morgan fingerprint density at radius 3 is 0.589 bits per heavy atom. The number of rotatable bonds is 32. The van der Waals surface area contributed by atoms with E-state index < -0.39 is 84.7 Å². The van der Waals surface area contributed by atoms with E-state index in [1.165, 1.54) is 45.3 Å². The van der Waals surface area contributed by atoms with E-state index in [2.05, 4.69) is 40.9 Å². The molecule has 12 rings (SSSR count). The topological polar surface area (TPSA) is 372 Å². The standard InChI is InChI=1S/4C22H33N3O4S2/c4*1-21(2,16-26)23-14-19-15-24(31(28,29)20-6-5-13-30-20)11-12-25(19)18-9-7-17(8-10-18)22(3,4)27/h4*5-10,13,19,23,26-27H,11-12,14-16H2,1-4H3/t4*19-/m1100/s1. The monoisotopic (exact) mass is 1870 g/mol. The Bertz CT molecular complexity index is 4450. The molecule has 12 N–H and O–H groups in total. The first kappa shape index (κ1) is 102. The van der Waals surface area contributed by atoms with Crippen LogP contribution in [0.15, 0.2) is 184 Å². The minimum Gasteiger partial charge on any atom is -0.394 e. The Labute approximate surface area is 752 Å². The SMILES string of the molecule is CC(C)(CO)NC[C@@H]1CN(S(=O)(=O)c2cccs2)CCN1c1ccc(C(C)(C)O)cc1.CC(C)(CO)NC[C@@H]1CN(S(=O)(=O)c2cccs2)CCN1c1ccc(C(C)(C)O)cc1.CC(C)(CO)NC[C@H]1CN(S(=O)(=O)c2cccs2)CCN1c1ccc(C(C)(C)O)cc1.CC(C)(CO)NC[C@H]1CN(S(=O)(=O)c2cccs2)CCN1c1ccc(C(C)(C)O)cc1. The van der Waals surface area contributed by atoms with E-state index in [0.717, 1.165) is 45.0 Å². The molecule has 4 atom stereocenters. The number of benzene rings is 4. The van der Waals surface area contributed by atoms with Crippen molar-refractivity contribution in [2.75, 3.05) is 151 Å². The average Bonchev–Trinajstić information content (AvgIpc) is 1.27. The number of aliphatic hydroxyl groups excluding tert-OH is 4. The molecule has 28 nitrogen and oxygen atoms in total.